The minimum Gasteiger partial charge on any atom is -0.370 e. The van der Waals surface area contributed by atoms with Crippen molar-refractivity contribution in [2.24, 2.45) is 0 Å². The summed E-state index contributed by atoms with van der Waals surface area (Å²) < 4.78 is 19.0. The van der Waals surface area contributed by atoms with Gasteiger partial charge >= 0.3 is 0 Å². The Hall–Kier alpha value is -1.91. The van der Waals surface area contributed by atoms with Crippen molar-refractivity contribution < 1.29 is 13.9 Å². The molecule has 1 atom stereocenters. The highest BCUT2D eigenvalue weighted by Crippen LogP contribution is 2.28. The van der Waals surface area contributed by atoms with E-state index in [0.717, 1.165) is 11.1 Å². The first-order chi connectivity index (χ1) is 11.6. The van der Waals surface area contributed by atoms with Crippen LogP contribution in [0.3, 0.4) is 0 Å². The lowest BCUT2D eigenvalue weighted by Gasteiger charge is -2.33. The van der Waals surface area contributed by atoms with Gasteiger partial charge < -0.3 is 9.64 Å². The molecule has 1 aliphatic rings. The van der Waals surface area contributed by atoms with Crippen LogP contribution in [0.25, 0.3) is 0 Å². The van der Waals surface area contributed by atoms with Gasteiger partial charge in [-0.3, -0.25) is 4.79 Å². The normalized spacial score (nSPS) is 17.8. The Morgan fingerprint density at radius 2 is 2.08 bits per heavy atom. The number of carbonyl (C=O) groups is 1. The molecule has 3 rings (SSSR count). The third kappa shape index (κ3) is 4.13. The number of halogens is 2. The SMILES string of the molecule is O=C(CCc1cccc(F)c1)N1CCOC(c2ccccc2Cl)C1. The van der Waals surface area contributed by atoms with Gasteiger partial charge in [0.25, 0.3) is 0 Å². The smallest absolute Gasteiger partial charge is 0.223 e. The van der Waals surface area contributed by atoms with E-state index in [1.807, 2.05) is 30.3 Å². The van der Waals surface area contributed by atoms with Gasteiger partial charge in [-0.2, -0.15) is 0 Å². The zero-order chi connectivity index (χ0) is 16.9. The number of benzene rings is 2. The van der Waals surface area contributed by atoms with Gasteiger partial charge in [0.15, 0.2) is 0 Å². The van der Waals surface area contributed by atoms with E-state index in [0.29, 0.717) is 37.6 Å². The van der Waals surface area contributed by atoms with Crippen molar-refractivity contribution >= 4 is 17.5 Å². The number of rotatable bonds is 4. The number of hydrogen-bond donors (Lipinski definition) is 0. The van der Waals surface area contributed by atoms with E-state index < -0.39 is 0 Å². The van der Waals surface area contributed by atoms with Crippen LogP contribution in [-0.4, -0.2) is 30.5 Å². The van der Waals surface area contributed by atoms with Crippen LogP contribution in [0.1, 0.15) is 23.7 Å². The Morgan fingerprint density at radius 1 is 1.25 bits per heavy atom. The number of ether oxygens (including phenoxy) is 1. The second kappa shape index (κ2) is 7.77. The summed E-state index contributed by atoms with van der Waals surface area (Å²) in [6.07, 6.45) is 0.689. The van der Waals surface area contributed by atoms with Gasteiger partial charge in [-0.15, -0.1) is 0 Å². The molecule has 0 aromatic heterocycles. The fourth-order valence-corrected chi connectivity index (χ4v) is 3.16. The Kier molecular flexibility index (Phi) is 5.48. The standard InChI is InChI=1S/C19H19ClFNO2/c20-17-7-2-1-6-16(17)18-13-22(10-11-24-18)19(23)9-8-14-4-3-5-15(21)12-14/h1-7,12,18H,8-11,13H2. The van der Waals surface area contributed by atoms with Crippen molar-refractivity contribution in [1.82, 2.24) is 4.90 Å². The zero-order valence-corrected chi connectivity index (χ0v) is 14.0. The predicted molar refractivity (Wildman–Crippen MR) is 91.4 cm³/mol. The fraction of sp³-hybridized carbons (Fsp3) is 0.316. The highest BCUT2D eigenvalue weighted by molar-refractivity contribution is 6.31. The molecule has 24 heavy (non-hydrogen) atoms. The Morgan fingerprint density at radius 3 is 2.88 bits per heavy atom. The maximum absolute atomic E-state index is 13.2. The maximum Gasteiger partial charge on any atom is 0.223 e. The quantitative estimate of drug-likeness (QED) is 0.836. The Balaban J connectivity index is 1.60. The molecule has 5 heteroatoms. The molecular formula is C19H19ClFNO2. The number of nitrogens with zero attached hydrogens (tertiary/aromatic N) is 1. The van der Waals surface area contributed by atoms with Crippen molar-refractivity contribution in [2.75, 3.05) is 19.7 Å². The molecule has 1 amide bonds. The first-order valence-corrected chi connectivity index (χ1v) is 8.39. The maximum atomic E-state index is 13.2. The molecular weight excluding hydrogens is 329 g/mol. The van der Waals surface area contributed by atoms with E-state index in [9.17, 15) is 9.18 Å². The molecule has 2 aromatic carbocycles. The molecule has 1 fully saturated rings. The highest BCUT2D eigenvalue weighted by Gasteiger charge is 2.26. The topological polar surface area (TPSA) is 29.5 Å². The summed E-state index contributed by atoms with van der Waals surface area (Å²) in [5, 5.41) is 0.650. The second-order valence-electron chi connectivity index (χ2n) is 5.85. The van der Waals surface area contributed by atoms with E-state index in [1.165, 1.54) is 12.1 Å². The summed E-state index contributed by atoms with van der Waals surface area (Å²) in [7, 11) is 0. The number of amides is 1. The summed E-state index contributed by atoms with van der Waals surface area (Å²) in [5.41, 5.74) is 1.74. The van der Waals surface area contributed by atoms with Gasteiger partial charge in [-0.1, -0.05) is 41.9 Å². The van der Waals surface area contributed by atoms with Crippen LogP contribution in [0.4, 0.5) is 4.39 Å². The molecule has 0 bridgehead atoms. The van der Waals surface area contributed by atoms with Crippen LogP contribution in [0.5, 0.6) is 0 Å². The predicted octanol–water partition coefficient (Wildman–Crippen LogP) is 4.01. The van der Waals surface area contributed by atoms with Crippen LogP contribution < -0.4 is 0 Å². The molecule has 1 unspecified atom stereocenters. The first-order valence-electron chi connectivity index (χ1n) is 8.02. The third-order valence-electron chi connectivity index (χ3n) is 4.19. The molecule has 1 heterocycles. The molecule has 3 nitrogen and oxygen atoms in total. The molecule has 126 valence electrons. The average Bonchev–Trinajstić information content (AvgIpc) is 2.60. The monoisotopic (exact) mass is 347 g/mol. The van der Waals surface area contributed by atoms with E-state index in [4.69, 9.17) is 16.3 Å². The van der Waals surface area contributed by atoms with Gasteiger partial charge in [0.2, 0.25) is 5.91 Å². The average molecular weight is 348 g/mol. The molecule has 0 aliphatic carbocycles. The lowest BCUT2D eigenvalue weighted by atomic mass is 10.1. The van der Waals surface area contributed by atoms with Crippen molar-refractivity contribution in [3.05, 3.63) is 70.5 Å². The molecule has 0 spiro atoms. The summed E-state index contributed by atoms with van der Waals surface area (Å²) in [4.78, 5) is 14.3. The van der Waals surface area contributed by atoms with Crippen LogP contribution in [0, 0.1) is 5.82 Å². The second-order valence-corrected chi connectivity index (χ2v) is 6.26. The fourth-order valence-electron chi connectivity index (χ4n) is 2.90. The minimum atomic E-state index is -0.273. The third-order valence-corrected chi connectivity index (χ3v) is 4.53. The van der Waals surface area contributed by atoms with Gasteiger partial charge in [0, 0.05) is 23.6 Å². The molecule has 0 N–H and O–H groups in total. The van der Waals surface area contributed by atoms with E-state index in [-0.39, 0.29) is 17.8 Å². The van der Waals surface area contributed by atoms with Crippen molar-refractivity contribution in [2.45, 2.75) is 18.9 Å². The van der Waals surface area contributed by atoms with E-state index in [2.05, 4.69) is 0 Å². The van der Waals surface area contributed by atoms with E-state index in [1.54, 1.807) is 11.0 Å². The van der Waals surface area contributed by atoms with Gasteiger partial charge in [-0.05, 0) is 30.2 Å². The number of carbonyl (C=O) groups excluding carboxylic acids is 1. The van der Waals surface area contributed by atoms with Crippen LogP contribution >= 0.6 is 11.6 Å². The van der Waals surface area contributed by atoms with E-state index >= 15 is 0 Å². The van der Waals surface area contributed by atoms with Crippen molar-refractivity contribution in [1.29, 1.82) is 0 Å². The molecule has 1 saturated heterocycles. The zero-order valence-electron chi connectivity index (χ0n) is 13.3. The summed E-state index contributed by atoms with van der Waals surface area (Å²) in [6, 6.07) is 13.9. The molecule has 0 saturated carbocycles. The number of aryl methyl sites for hydroxylation is 1. The lowest BCUT2D eigenvalue weighted by Crippen LogP contribution is -2.42. The first kappa shape index (κ1) is 16.9. The van der Waals surface area contributed by atoms with Crippen LogP contribution in [0.15, 0.2) is 48.5 Å². The van der Waals surface area contributed by atoms with Crippen molar-refractivity contribution in [3.8, 4) is 0 Å². The van der Waals surface area contributed by atoms with Gasteiger partial charge in [0.05, 0.1) is 13.2 Å². The lowest BCUT2D eigenvalue weighted by molar-refractivity contribution is -0.139. The Labute approximate surface area is 146 Å². The van der Waals surface area contributed by atoms with Crippen molar-refractivity contribution in [3.63, 3.8) is 0 Å². The summed E-state index contributed by atoms with van der Waals surface area (Å²) in [5.74, 6) is -0.218. The number of hydrogen-bond acceptors (Lipinski definition) is 2. The van der Waals surface area contributed by atoms with Crippen LogP contribution in [0.2, 0.25) is 5.02 Å². The number of morpholine rings is 1. The molecule has 2 aromatic rings. The van der Waals surface area contributed by atoms with Crippen LogP contribution in [-0.2, 0) is 16.0 Å². The Bertz CT molecular complexity index is 722. The molecule has 0 radical (unpaired) electrons. The highest BCUT2D eigenvalue weighted by atomic mass is 35.5. The molecule has 1 aliphatic heterocycles. The van der Waals surface area contributed by atoms with Gasteiger partial charge in [0.1, 0.15) is 11.9 Å². The van der Waals surface area contributed by atoms with Gasteiger partial charge in [-0.25, -0.2) is 4.39 Å². The summed E-state index contributed by atoms with van der Waals surface area (Å²) >= 11 is 6.22. The minimum absolute atomic E-state index is 0.0552. The summed E-state index contributed by atoms with van der Waals surface area (Å²) in [6.45, 7) is 1.55. The largest absolute Gasteiger partial charge is 0.370 e.